The van der Waals surface area contributed by atoms with Gasteiger partial charge in [0.05, 0.1) is 16.8 Å². The van der Waals surface area contributed by atoms with Crippen LogP contribution >= 0.6 is 22.7 Å². The number of nitrogens with one attached hydrogen (secondary N) is 1. The van der Waals surface area contributed by atoms with Crippen LogP contribution in [0.5, 0.6) is 0 Å². The molecule has 2 heterocycles. The maximum absolute atomic E-state index is 13.1. The van der Waals surface area contributed by atoms with Crippen LogP contribution in [0.15, 0.2) is 29.6 Å². The number of aryl methyl sites for hydroxylation is 1. The first-order valence-corrected chi connectivity index (χ1v) is 7.81. The summed E-state index contributed by atoms with van der Waals surface area (Å²) in [6.07, 6.45) is 1.05. The monoisotopic (exact) mass is 292 g/mol. The van der Waals surface area contributed by atoms with E-state index in [1.54, 1.807) is 17.4 Å². The minimum absolute atomic E-state index is 0.214. The second-order valence-electron chi connectivity index (χ2n) is 4.21. The van der Waals surface area contributed by atoms with Crippen LogP contribution in [0.2, 0.25) is 0 Å². The van der Waals surface area contributed by atoms with Crippen LogP contribution in [-0.4, -0.2) is 4.98 Å². The van der Waals surface area contributed by atoms with Crippen LogP contribution in [0.25, 0.3) is 10.2 Å². The van der Waals surface area contributed by atoms with Crippen molar-refractivity contribution in [2.45, 2.75) is 19.9 Å². The van der Waals surface area contributed by atoms with E-state index in [1.165, 1.54) is 33.9 Å². The second-order valence-corrected chi connectivity index (χ2v) is 6.24. The fraction of sp³-hybridized carbons (Fsp3) is 0.214. The van der Waals surface area contributed by atoms with Gasteiger partial charge in [0.1, 0.15) is 5.82 Å². The Hall–Kier alpha value is -1.46. The van der Waals surface area contributed by atoms with Crippen molar-refractivity contribution >= 4 is 38.0 Å². The van der Waals surface area contributed by atoms with E-state index < -0.39 is 0 Å². The van der Waals surface area contributed by atoms with Crippen LogP contribution in [0, 0.1) is 5.82 Å². The van der Waals surface area contributed by atoms with Crippen LogP contribution in [0.3, 0.4) is 0 Å². The highest BCUT2D eigenvalue weighted by atomic mass is 32.1. The molecule has 0 unspecified atom stereocenters. The summed E-state index contributed by atoms with van der Waals surface area (Å²) in [7, 11) is 0. The molecule has 0 atom stereocenters. The summed E-state index contributed by atoms with van der Waals surface area (Å²) in [4.78, 5) is 5.79. The minimum Gasteiger partial charge on any atom is -0.357 e. The Labute approximate surface area is 118 Å². The van der Waals surface area contributed by atoms with Gasteiger partial charge in [0.2, 0.25) is 0 Å². The average Bonchev–Trinajstić information content (AvgIpc) is 3.01. The third-order valence-electron chi connectivity index (χ3n) is 2.97. The summed E-state index contributed by atoms with van der Waals surface area (Å²) in [5.74, 6) is -0.214. The van der Waals surface area contributed by atoms with Crippen molar-refractivity contribution in [2.24, 2.45) is 0 Å². The third-order valence-corrected chi connectivity index (χ3v) is 4.91. The Morgan fingerprint density at radius 1 is 1.32 bits per heavy atom. The highest BCUT2D eigenvalue weighted by Crippen LogP contribution is 2.27. The molecule has 2 aromatic heterocycles. The number of nitrogens with zero attached hydrogens (tertiary/aromatic N) is 1. The maximum atomic E-state index is 13.1. The number of thiazole rings is 1. The van der Waals surface area contributed by atoms with Gasteiger partial charge in [-0.05, 0) is 41.6 Å². The molecule has 1 aromatic carbocycles. The van der Waals surface area contributed by atoms with E-state index in [0.29, 0.717) is 0 Å². The van der Waals surface area contributed by atoms with E-state index in [9.17, 15) is 4.39 Å². The molecule has 3 aromatic rings. The summed E-state index contributed by atoms with van der Waals surface area (Å²) in [6.45, 7) is 2.94. The standard InChI is InChI=1S/C14H13FN2S2/c1-2-9-5-6-18-13(9)8-16-14-17-11-4-3-10(15)7-12(11)19-14/h3-7H,2,8H2,1H3,(H,16,17). The number of halogens is 1. The third kappa shape index (κ3) is 2.62. The smallest absolute Gasteiger partial charge is 0.184 e. The van der Waals surface area contributed by atoms with Crippen LogP contribution in [0.4, 0.5) is 9.52 Å². The van der Waals surface area contributed by atoms with Gasteiger partial charge in [-0.15, -0.1) is 11.3 Å². The van der Waals surface area contributed by atoms with Crippen molar-refractivity contribution in [2.75, 3.05) is 5.32 Å². The predicted molar refractivity (Wildman–Crippen MR) is 80.6 cm³/mol. The Bertz CT molecular complexity index is 702. The van der Waals surface area contributed by atoms with E-state index in [1.807, 2.05) is 0 Å². The van der Waals surface area contributed by atoms with Gasteiger partial charge in [0, 0.05) is 4.88 Å². The Morgan fingerprint density at radius 3 is 3.05 bits per heavy atom. The van der Waals surface area contributed by atoms with E-state index in [2.05, 4.69) is 28.7 Å². The first kappa shape index (κ1) is 12.6. The van der Waals surface area contributed by atoms with Gasteiger partial charge < -0.3 is 5.32 Å². The number of anilines is 1. The SMILES string of the molecule is CCc1ccsc1CNc1nc2ccc(F)cc2s1. The maximum Gasteiger partial charge on any atom is 0.184 e. The number of benzene rings is 1. The molecule has 0 saturated heterocycles. The molecular formula is C14H13FN2S2. The lowest BCUT2D eigenvalue weighted by Crippen LogP contribution is -1.98. The fourth-order valence-corrected chi connectivity index (χ4v) is 3.77. The van der Waals surface area contributed by atoms with E-state index in [-0.39, 0.29) is 5.82 Å². The Morgan fingerprint density at radius 2 is 2.21 bits per heavy atom. The van der Waals surface area contributed by atoms with Gasteiger partial charge in [-0.3, -0.25) is 0 Å². The largest absolute Gasteiger partial charge is 0.357 e. The average molecular weight is 292 g/mol. The molecule has 0 fully saturated rings. The van der Waals surface area contributed by atoms with Crippen molar-refractivity contribution < 1.29 is 4.39 Å². The van der Waals surface area contributed by atoms with Crippen molar-refractivity contribution in [1.82, 2.24) is 4.98 Å². The lowest BCUT2D eigenvalue weighted by molar-refractivity contribution is 0.630. The number of thiophene rings is 1. The Kier molecular flexibility index (Phi) is 3.48. The highest BCUT2D eigenvalue weighted by molar-refractivity contribution is 7.22. The molecule has 0 spiro atoms. The van der Waals surface area contributed by atoms with E-state index in [4.69, 9.17) is 0 Å². The number of fused-ring (bicyclic) bond motifs is 1. The molecule has 0 radical (unpaired) electrons. The molecule has 0 aliphatic heterocycles. The van der Waals surface area contributed by atoms with Gasteiger partial charge in [-0.1, -0.05) is 18.3 Å². The highest BCUT2D eigenvalue weighted by Gasteiger charge is 2.06. The first-order chi connectivity index (χ1) is 9.26. The predicted octanol–water partition coefficient (Wildman–Crippen LogP) is 4.67. The number of hydrogen-bond acceptors (Lipinski definition) is 4. The van der Waals surface area contributed by atoms with Crippen LogP contribution in [-0.2, 0) is 13.0 Å². The summed E-state index contributed by atoms with van der Waals surface area (Å²) in [5.41, 5.74) is 2.22. The molecule has 5 heteroatoms. The molecule has 0 bridgehead atoms. The molecule has 3 rings (SSSR count). The molecule has 0 amide bonds. The quantitative estimate of drug-likeness (QED) is 0.755. The summed E-state index contributed by atoms with van der Waals surface area (Å²) in [5, 5.41) is 6.28. The van der Waals surface area contributed by atoms with Gasteiger partial charge in [0.15, 0.2) is 5.13 Å². The fourth-order valence-electron chi connectivity index (χ4n) is 1.97. The number of aromatic nitrogens is 1. The Balaban J connectivity index is 1.78. The van der Waals surface area contributed by atoms with Gasteiger partial charge in [-0.25, -0.2) is 9.37 Å². The zero-order valence-electron chi connectivity index (χ0n) is 10.4. The van der Waals surface area contributed by atoms with Gasteiger partial charge in [-0.2, -0.15) is 0 Å². The molecule has 0 aliphatic carbocycles. The molecule has 1 N–H and O–H groups in total. The minimum atomic E-state index is -0.214. The molecule has 2 nitrogen and oxygen atoms in total. The van der Waals surface area contributed by atoms with Gasteiger partial charge in [0.25, 0.3) is 0 Å². The first-order valence-electron chi connectivity index (χ1n) is 6.11. The number of hydrogen-bond donors (Lipinski definition) is 1. The molecule has 98 valence electrons. The zero-order valence-corrected chi connectivity index (χ0v) is 12.1. The van der Waals surface area contributed by atoms with Crippen molar-refractivity contribution in [3.05, 3.63) is 45.9 Å². The molecule has 0 saturated carbocycles. The van der Waals surface area contributed by atoms with Crippen molar-refractivity contribution in [3.8, 4) is 0 Å². The van der Waals surface area contributed by atoms with Crippen LogP contribution in [0.1, 0.15) is 17.4 Å². The van der Waals surface area contributed by atoms with Crippen molar-refractivity contribution in [3.63, 3.8) is 0 Å². The van der Waals surface area contributed by atoms with Crippen LogP contribution < -0.4 is 5.32 Å². The second kappa shape index (κ2) is 5.27. The summed E-state index contributed by atoms with van der Waals surface area (Å²) in [6, 6.07) is 6.85. The summed E-state index contributed by atoms with van der Waals surface area (Å²) >= 11 is 3.25. The van der Waals surface area contributed by atoms with E-state index in [0.717, 1.165) is 28.3 Å². The topological polar surface area (TPSA) is 24.9 Å². The van der Waals surface area contributed by atoms with Crippen molar-refractivity contribution in [1.29, 1.82) is 0 Å². The zero-order chi connectivity index (χ0) is 13.2. The normalized spacial score (nSPS) is 11.1. The van der Waals surface area contributed by atoms with Gasteiger partial charge >= 0.3 is 0 Å². The molecular weight excluding hydrogens is 279 g/mol. The van der Waals surface area contributed by atoms with E-state index >= 15 is 0 Å². The lowest BCUT2D eigenvalue weighted by atomic mass is 10.2. The lowest BCUT2D eigenvalue weighted by Gasteiger charge is -2.02. The number of rotatable bonds is 4. The molecule has 0 aliphatic rings. The molecule has 19 heavy (non-hydrogen) atoms. The summed E-state index contributed by atoms with van der Waals surface area (Å²) < 4.78 is 14.0.